The lowest BCUT2D eigenvalue weighted by atomic mass is 9.87. The summed E-state index contributed by atoms with van der Waals surface area (Å²) in [4.78, 5) is 19.3. The van der Waals surface area contributed by atoms with Gasteiger partial charge in [0, 0.05) is 17.8 Å². The Hall–Kier alpha value is -1.32. The van der Waals surface area contributed by atoms with Crippen LogP contribution in [0, 0.1) is 5.41 Å². The van der Waals surface area contributed by atoms with Crippen molar-refractivity contribution < 1.29 is 4.79 Å². The number of aromatic amines is 1. The van der Waals surface area contributed by atoms with Crippen LogP contribution >= 0.6 is 0 Å². The number of amides is 1. The Kier molecular flexibility index (Phi) is 2.99. The molecule has 0 aliphatic heterocycles. The summed E-state index contributed by atoms with van der Waals surface area (Å²) in [6, 6.07) is -0.0417. The second-order valence-corrected chi connectivity index (χ2v) is 4.94. The van der Waals surface area contributed by atoms with Crippen molar-refractivity contribution in [3.8, 4) is 0 Å². The summed E-state index contributed by atoms with van der Waals surface area (Å²) in [6.45, 7) is 4.01. The number of nitrogens with one attached hydrogen (secondary N) is 2. The van der Waals surface area contributed by atoms with Gasteiger partial charge >= 0.3 is 0 Å². The molecule has 4 heteroatoms. The van der Waals surface area contributed by atoms with Gasteiger partial charge in [0.15, 0.2) is 0 Å². The van der Waals surface area contributed by atoms with E-state index in [1.807, 2.05) is 6.92 Å². The van der Waals surface area contributed by atoms with Gasteiger partial charge in [0.05, 0.1) is 6.04 Å². The monoisotopic (exact) mass is 221 g/mol. The van der Waals surface area contributed by atoms with Crippen LogP contribution in [0.15, 0.2) is 12.4 Å². The van der Waals surface area contributed by atoms with Gasteiger partial charge in [-0.15, -0.1) is 0 Å². The Balaban J connectivity index is 1.97. The van der Waals surface area contributed by atoms with Crippen LogP contribution in [0.1, 0.15) is 51.4 Å². The molecule has 4 nitrogen and oxygen atoms in total. The van der Waals surface area contributed by atoms with Crippen molar-refractivity contribution in [2.75, 3.05) is 0 Å². The molecular weight excluding hydrogens is 202 g/mol. The molecule has 2 N–H and O–H groups in total. The Bertz CT molecular complexity index is 352. The standard InChI is InChI=1S/C12H19N3O/c1-9(10-13-7-8-14-10)15-11(16)12(2)5-3-4-6-12/h7-9H,3-6H2,1-2H3,(H,13,14)(H,15,16). The average molecular weight is 221 g/mol. The van der Waals surface area contributed by atoms with Gasteiger partial charge in [-0.2, -0.15) is 0 Å². The van der Waals surface area contributed by atoms with E-state index in [1.165, 1.54) is 12.8 Å². The smallest absolute Gasteiger partial charge is 0.226 e. The Labute approximate surface area is 95.9 Å². The van der Waals surface area contributed by atoms with Crippen LogP contribution in [-0.4, -0.2) is 15.9 Å². The number of imidazole rings is 1. The highest BCUT2D eigenvalue weighted by Crippen LogP contribution is 2.37. The summed E-state index contributed by atoms with van der Waals surface area (Å²) in [5.41, 5.74) is -0.166. The molecule has 1 aliphatic carbocycles. The molecule has 2 rings (SSSR count). The van der Waals surface area contributed by atoms with E-state index in [1.54, 1.807) is 12.4 Å². The molecule has 0 saturated heterocycles. The zero-order valence-corrected chi connectivity index (χ0v) is 9.92. The summed E-state index contributed by atoms with van der Waals surface area (Å²) in [5, 5.41) is 3.03. The third-order valence-electron chi connectivity index (χ3n) is 3.53. The number of carbonyl (C=O) groups excluding carboxylic acids is 1. The van der Waals surface area contributed by atoms with Crippen molar-refractivity contribution in [1.82, 2.24) is 15.3 Å². The van der Waals surface area contributed by atoms with Gasteiger partial charge in [-0.05, 0) is 19.8 Å². The highest BCUT2D eigenvalue weighted by molar-refractivity contribution is 5.82. The molecular formula is C12H19N3O. The van der Waals surface area contributed by atoms with Crippen LogP contribution in [0.4, 0.5) is 0 Å². The zero-order chi connectivity index (χ0) is 11.6. The molecule has 0 radical (unpaired) electrons. The molecule has 1 aliphatic rings. The zero-order valence-electron chi connectivity index (χ0n) is 9.92. The maximum absolute atomic E-state index is 12.1. The maximum atomic E-state index is 12.1. The van der Waals surface area contributed by atoms with E-state index in [9.17, 15) is 4.79 Å². The summed E-state index contributed by atoms with van der Waals surface area (Å²) in [5.74, 6) is 0.976. The van der Waals surface area contributed by atoms with E-state index in [2.05, 4.69) is 22.2 Å². The summed E-state index contributed by atoms with van der Waals surface area (Å²) >= 11 is 0. The maximum Gasteiger partial charge on any atom is 0.226 e. The van der Waals surface area contributed by atoms with Crippen molar-refractivity contribution in [1.29, 1.82) is 0 Å². The van der Waals surface area contributed by atoms with Crippen molar-refractivity contribution in [2.24, 2.45) is 5.41 Å². The lowest BCUT2D eigenvalue weighted by molar-refractivity contribution is -0.130. The van der Waals surface area contributed by atoms with E-state index >= 15 is 0 Å². The second kappa shape index (κ2) is 4.28. The van der Waals surface area contributed by atoms with Gasteiger partial charge in [-0.3, -0.25) is 4.79 Å². The first-order valence-electron chi connectivity index (χ1n) is 5.92. The SMILES string of the molecule is CC(NC(=O)C1(C)CCCC1)c1ncc[nH]1. The average Bonchev–Trinajstić information content (AvgIpc) is 2.88. The van der Waals surface area contributed by atoms with Gasteiger partial charge in [0.25, 0.3) is 0 Å². The minimum absolute atomic E-state index is 0.0417. The molecule has 1 aromatic rings. The predicted octanol–water partition coefficient (Wildman–Crippen LogP) is 2.17. The lowest BCUT2D eigenvalue weighted by Gasteiger charge is -2.24. The van der Waals surface area contributed by atoms with Crippen LogP contribution in [0.2, 0.25) is 0 Å². The van der Waals surface area contributed by atoms with Crippen LogP contribution < -0.4 is 5.32 Å². The van der Waals surface area contributed by atoms with E-state index < -0.39 is 0 Å². The van der Waals surface area contributed by atoms with Crippen LogP contribution in [0.3, 0.4) is 0 Å². The highest BCUT2D eigenvalue weighted by atomic mass is 16.2. The van der Waals surface area contributed by atoms with E-state index in [0.717, 1.165) is 18.7 Å². The van der Waals surface area contributed by atoms with Gasteiger partial charge in [-0.1, -0.05) is 19.8 Å². The molecule has 0 spiro atoms. The molecule has 1 amide bonds. The minimum Gasteiger partial charge on any atom is -0.347 e. The highest BCUT2D eigenvalue weighted by Gasteiger charge is 2.36. The molecule has 16 heavy (non-hydrogen) atoms. The largest absolute Gasteiger partial charge is 0.347 e. The predicted molar refractivity (Wildman–Crippen MR) is 61.7 cm³/mol. The fraction of sp³-hybridized carbons (Fsp3) is 0.667. The first-order valence-corrected chi connectivity index (χ1v) is 5.92. The number of hydrogen-bond acceptors (Lipinski definition) is 2. The molecule has 1 aromatic heterocycles. The first-order chi connectivity index (χ1) is 7.62. The van der Waals surface area contributed by atoms with E-state index in [-0.39, 0.29) is 17.4 Å². The molecule has 1 heterocycles. The summed E-state index contributed by atoms with van der Waals surface area (Å²) in [7, 11) is 0. The third-order valence-corrected chi connectivity index (χ3v) is 3.53. The van der Waals surface area contributed by atoms with Gasteiger partial charge < -0.3 is 10.3 Å². The van der Waals surface area contributed by atoms with E-state index in [4.69, 9.17) is 0 Å². The first kappa shape index (κ1) is 11.2. The van der Waals surface area contributed by atoms with Crippen molar-refractivity contribution in [2.45, 2.75) is 45.6 Å². The number of aromatic nitrogens is 2. The molecule has 1 unspecified atom stereocenters. The lowest BCUT2D eigenvalue weighted by Crippen LogP contribution is -2.38. The number of carbonyl (C=O) groups is 1. The molecule has 88 valence electrons. The number of hydrogen-bond donors (Lipinski definition) is 2. The second-order valence-electron chi connectivity index (χ2n) is 4.94. The van der Waals surface area contributed by atoms with Crippen molar-refractivity contribution in [3.63, 3.8) is 0 Å². The number of nitrogens with zero attached hydrogens (tertiary/aromatic N) is 1. The molecule has 0 bridgehead atoms. The van der Waals surface area contributed by atoms with Crippen LogP contribution in [-0.2, 0) is 4.79 Å². The van der Waals surface area contributed by atoms with E-state index in [0.29, 0.717) is 0 Å². The van der Waals surface area contributed by atoms with Gasteiger partial charge in [0.1, 0.15) is 5.82 Å². The Morgan fingerprint density at radius 1 is 1.56 bits per heavy atom. The fourth-order valence-corrected chi connectivity index (χ4v) is 2.34. The molecule has 1 saturated carbocycles. The quantitative estimate of drug-likeness (QED) is 0.821. The van der Waals surface area contributed by atoms with Crippen LogP contribution in [0.5, 0.6) is 0 Å². The Morgan fingerprint density at radius 2 is 2.25 bits per heavy atom. The van der Waals surface area contributed by atoms with Gasteiger partial charge in [-0.25, -0.2) is 4.98 Å². The molecule has 1 fully saturated rings. The Morgan fingerprint density at radius 3 is 2.81 bits per heavy atom. The molecule has 1 atom stereocenters. The minimum atomic E-state index is -0.166. The number of rotatable bonds is 3. The van der Waals surface area contributed by atoms with Crippen molar-refractivity contribution >= 4 is 5.91 Å². The number of H-pyrrole nitrogens is 1. The van der Waals surface area contributed by atoms with Gasteiger partial charge in [0.2, 0.25) is 5.91 Å². The summed E-state index contributed by atoms with van der Waals surface area (Å²) in [6.07, 6.45) is 7.82. The molecule has 0 aromatic carbocycles. The topological polar surface area (TPSA) is 57.8 Å². The summed E-state index contributed by atoms with van der Waals surface area (Å²) < 4.78 is 0. The normalized spacial score (nSPS) is 20.6. The van der Waals surface area contributed by atoms with Crippen LogP contribution in [0.25, 0.3) is 0 Å². The third kappa shape index (κ3) is 2.10. The van der Waals surface area contributed by atoms with Crippen molar-refractivity contribution in [3.05, 3.63) is 18.2 Å². The fourth-order valence-electron chi connectivity index (χ4n) is 2.34.